The van der Waals surface area contributed by atoms with Gasteiger partial charge in [0, 0.05) is 50.7 Å². The zero-order chi connectivity index (χ0) is 23.0. The number of carbonyl (C=O) groups excluding carboxylic acids is 1. The summed E-state index contributed by atoms with van der Waals surface area (Å²) >= 11 is 0. The molecule has 1 fully saturated rings. The highest BCUT2D eigenvalue weighted by Gasteiger charge is 2.27. The third-order valence-corrected chi connectivity index (χ3v) is 6.04. The largest absolute Gasteiger partial charge is 0.497 e. The fourth-order valence-electron chi connectivity index (χ4n) is 4.25. The predicted octanol–water partition coefficient (Wildman–Crippen LogP) is 3.39. The van der Waals surface area contributed by atoms with E-state index in [4.69, 9.17) is 9.47 Å². The van der Waals surface area contributed by atoms with Crippen molar-refractivity contribution in [2.75, 3.05) is 51.8 Å². The average Bonchev–Trinajstić information content (AvgIpc) is 2.89. The van der Waals surface area contributed by atoms with E-state index in [0.717, 1.165) is 43.2 Å². The Morgan fingerprint density at radius 3 is 2.55 bits per heavy atom. The van der Waals surface area contributed by atoms with Gasteiger partial charge in [0.2, 0.25) is 0 Å². The lowest BCUT2D eigenvalue weighted by Crippen LogP contribution is -2.50. The quantitative estimate of drug-likeness (QED) is 0.572. The lowest BCUT2D eigenvalue weighted by atomic mass is 10.1. The van der Waals surface area contributed by atoms with E-state index in [1.165, 1.54) is 0 Å². The number of para-hydroxylation sites is 2. The molecule has 0 unspecified atom stereocenters. The van der Waals surface area contributed by atoms with Gasteiger partial charge in [-0.15, -0.1) is 0 Å². The number of aromatic nitrogens is 1. The summed E-state index contributed by atoms with van der Waals surface area (Å²) in [6, 6.07) is 19.4. The summed E-state index contributed by atoms with van der Waals surface area (Å²) in [7, 11) is 3.30. The van der Waals surface area contributed by atoms with Crippen LogP contribution in [0.5, 0.6) is 11.5 Å². The number of hydrogen-bond acceptors (Lipinski definition) is 6. The molecule has 7 nitrogen and oxygen atoms in total. The van der Waals surface area contributed by atoms with Crippen LogP contribution >= 0.6 is 0 Å². The second kappa shape index (κ2) is 10.8. The number of nitrogens with zero attached hydrogens (tertiary/aromatic N) is 3. The Bertz CT molecular complexity index is 1050. The highest BCUT2D eigenvalue weighted by molar-refractivity contribution is 5.94. The van der Waals surface area contributed by atoms with Crippen molar-refractivity contribution in [3.8, 4) is 11.5 Å². The molecule has 0 bridgehead atoms. The lowest BCUT2D eigenvalue weighted by Gasteiger charge is -2.40. The van der Waals surface area contributed by atoms with Crippen LogP contribution in [0.25, 0.3) is 0 Å². The molecule has 0 radical (unpaired) electrons. The molecule has 0 aliphatic carbocycles. The van der Waals surface area contributed by atoms with Crippen molar-refractivity contribution >= 4 is 11.6 Å². The maximum Gasteiger partial charge on any atom is 0.251 e. The van der Waals surface area contributed by atoms with E-state index in [-0.39, 0.29) is 11.9 Å². The van der Waals surface area contributed by atoms with E-state index in [2.05, 4.69) is 32.2 Å². The zero-order valence-electron chi connectivity index (χ0n) is 19.1. The van der Waals surface area contributed by atoms with Gasteiger partial charge in [-0.3, -0.25) is 14.7 Å². The van der Waals surface area contributed by atoms with Crippen LogP contribution in [0.3, 0.4) is 0 Å². The molecule has 1 atom stereocenters. The number of benzene rings is 2. The fourth-order valence-corrected chi connectivity index (χ4v) is 4.25. The number of hydrogen-bond donors (Lipinski definition) is 1. The number of amides is 1. The maximum atomic E-state index is 12.8. The Balaban J connectivity index is 1.45. The van der Waals surface area contributed by atoms with Crippen LogP contribution in [0, 0.1) is 0 Å². The highest BCUT2D eigenvalue weighted by atomic mass is 16.5. The van der Waals surface area contributed by atoms with E-state index >= 15 is 0 Å². The number of pyridine rings is 1. The van der Waals surface area contributed by atoms with Crippen LogP contribution < -0.4 is 19.7 Å². The molecule has 0 spiro atoms. The minimum Gasteiger partial charge on any atom is -0.497 e. The predicted molar refractivity (Wildman–Crippen MR) is 129 cm³/mol. The molecular weight excluding hydrogens is 416 g/mol. The smallest absolute Gasteiger partial charge is 0.251 e. The number of piperazine rings is 1. The summed E-state index contributed by atoms with van der Waals surface area (Å²) in [6.45, 7) is 3.98. The molecule has 1 aliphatic heterocycles. The SMILES string of the molecule is COc1cccc(C(=O)NC[C@@H](c2cccnc2)N2CCN(c3ccccc3OC)CC2)c1. The van der Waals surface area contributed by atoms with E-state index in [1.54, 1.807) is 32.5 Å². The first-order valence-corrected chi connectivity index (χ1v) is 11.1. The maximum absolute atomic E-state index is 12.8. The minimum atomic E-state index is -0.115. The molecular formula is C26H30N4O3. The number of rotatable bonds is 8. The van der Waals surface area contributed by atoms with Gasteiger partial charge in [-0.05, 0) is 42.0 Å². The molecule has 4 rings (SSSR count). The van der Waals surface area contributed by atoms with Gasteiger partial charge >= 0.3 is 0 Å². The summed E-state index contributed by atoms with van der Waals surface area (Å²) in [4.78, 5) is 21.9. The minimum absolute atomic E-state index is 0.0353. The topological polar surface area (TPSA) is 66.9 Å². The van der Waals surface area contributed by atoms with Crippen LogP contribution in [0.1, 0.15) is 22.0 Å². The fraction of sp³-hybridized carbons (Fsp3) is 0.308. The van der Waals surface area contributed by atoms with Gasteiger partial charge in [-0.1, -0.05) is 24.3 Å². The Hall–Kier alpha value is -3.58. The van der Waals surface area contributed by atoms with Gasteiger partial charge in [-0.25, -0.2) is 0 Å². The van der Waals surface area contributed by atoms with Gasteiger partial charge < -0.3 is 19.7 Å². The number of ether oxygens (including phenoxy) is 2. The number of anilines is 1. The molecule has 1 saturated heterocycles. The molecule has 2 heterocycles. The van der Waals surface area contributed by atoms with Crippen LogP contribution in [0.15, 0.2) is 73.1 Å². The van der Waals surface area contributed by atoms with Gasteiger partial charge in [0.25, 0.3) is 5.91 Å². The standard InChI is InChI=1S/C26H30N4O3/c1-32-22-9-5-7-20(17-22)26(31)28-19-24(21-8-6-12-27-18-21)30-15-13-29(14-16-30)23-10-3-4-11-25(23)33-2/h3-12,17-18,24H,13-16,19H2,1-2H3,(H,28,31)/t24-/m0/s1. The summed E-state index contributed by atoms with van der Waals surface area (Å²) in [6.07, 6.45) is 3.66. The van der Waals surface area contributed by atoms with Crippen molar-refractivity contribution in [2.24, 2.45) is 0 Å². The first-order chi connectivity index (χ1) is 16.2. The molecule has 0 saturated carbocycles. The van der Waals surface area contributed by atoms with Crippen molar-refractivity contribution < 1.29 is 14.3 Å². The Morgan fingerprint density at radius 2 is 1.82 bits per heavy atom. The number of methoxy groups -OCH3 is 2. The van der Waals surface area contributed by atoms with Gasteiger partial charge in [-0.2, -0.15) is 0 Å². The molecule has 172 valence electrons. The normalized spacial score (nSPS) is 15.0. The van der Waals surface area contributed by atoms with Gasteiger partial charge in [0.1, 0.15) is 11.5 Å². The second-order valence-corrected chi connectivity index (χ2v) is 7.94. The van der Waals surface area contributed by atoms with Crippen molar-refractivity contribution in [1.29, 1.82) is 0 Å². The monoisotopic (exact) mass is 446 g/mol. The first-order valence-electron chi connectivity index (χ1n) is 11.1. The summed E-state index contributed by atoms with van der Waals surface area (Å²) in [5, 5.41) is 3.11. The number of nitrogens with one attached hydrogen (secondary N) is 1. The van der Waals surface area contributed by atoms with Crippen molar-refractivity contribution in [3.63, 3.8) is 0 Å². The Morgan fingerprint density at radius 1 is 1.00 bits per heavy atom. The molecule has 2 aromatic carbocycles. The first kappa shape index (κ1) is 22.6. The van der Waals surface area contributed by atoms with Gasteiger partial charge in [0.05, 0.1) is 25.9 Å². The van der Waals surface area contributed by atoms with E-state index in [1.807, 2.05) is 42.6 Å². The van der Waals surface area contributed by atoms with E-state index in [0.29, 0.717) is 17.9 Å². The van der Waals surface area contributed by atoms with Crippen LogP contribution in [0.4, 0.5) is 5.69 Å². The molecule has 1 aliphatic rings. The molecule has 1 N–H and O–H groups in total. The van der Waals surface area contributed by atoms with Crippen molar-refractivity contribution in [3.05, 3.63) is 84.2 Å². The zero-order valence-corrected chi connectivity index (χ0v) is 19.1. The van der Waals surface area contributed by atoms with E-state index in [9.17, 15) is 4.79 Å². The van der Waals surface area contributed by atoms with Crippen molar-refractivity contribution in [2.45, 2.75) is 6.04 Å². The second-order valence-electron chi connectivity index (χ2n) is 7.94. The molecule has 3 aromatic rings. The highest BCUT2D eigenvalue weighted by Crippen LogP contribution is 2.30. The summed E-state index contributed by atoms with van der Waals surface area (Å²) < 4.78 is 10.8. The van der Waals surface area contributed by atoms with Crippen LogP contribution in [-0.4, -0.2) is 62.7 Å². The van der Waals surface area contributed by atoms with Crippen LogP contribution in [0.2, 0.25) is 0 Å². The van der Waals surface area contributed by atoms with Crippen LogP contribution in [-0.2, 0) is 0 Å². The lowest BCUT2D eigenvalue weighted by molar-refractivity contribution is 0.0929. The molecule has 33 heavy (non-hydrogen) atoms. The molecule has 1 amide bonds. The Kier molecular flexibility index (Phi) is 7.42. The van der Waals surface area contributed by atoms with Gasteiger partial charge in [0.15, 0.2) is 0 Å². The van der Waals surface area contributed by atoms with E-state index < -0.39 is 0 Å². The third-order valence-electron chi connectivity index (χ3n) is 6.04. The van der Waals surface area contributed by atoms with Crippen molar-refractivity contribution in [1.82, 2.24) is 15.2 Å². The summed E-state index contributed by atoms with van der Waals surface area (Å²) in [5.41, 5.74) is 2.79. The number of carbonyl (C=O) groups is 1. The molecule has 7 heteroatoms. The Labute approximate surface area is 195 Å². The summed E-state index contributed by atoms with van der Waals surface area (Å²) in [5.74, 6) is 1.44. The molecule has 1 aromatic heterocycles. The average molecular weight is 447 g/mol. The third kappa shape index (κ3) is 5.43.